The molecule has 1 aliphatic rings. The Morgan fingerprint density at radius 1 is 1.25 bits per heavy atom. The van der Waals surface area contributed by atoms with Crippen LogP contribution < -0.4 is 9.64 Å². The first-order valence-corrected chi connectivity index (χ1v) is 6.19. The molecule has 0 unspecified atom stereocenters. The fourth-order valence-corrected chi connectivity index (χ4v) is 2.11. The molecule has 6 heteroatoms. The summed E-state index contributed by atoms with van der Waals surface area (Å²) in [5, 5.41) is 0. The molecule has 20 heavy (non-hydrogen) atoms. The highest BCUT2D eigenvalue weighted by atomic mass is 16.5. The van der Waals surface area contributed by atoms with Gasteiger partial charge < -0.3 is 14.4 Å². The quantitative estimate of drug-likeness (QED) is 0.597. The van der Waals surface area contributed by atoms with Crippen molar-refractivity contribution in [2.24, 2.45) is 0 Å². The van der Waals surface area contributed by atoms with Crippen molar-refractivity contribution in [1.29, 1.82) is 0 Å². The molecule has 2 rings (SSSR count). The second kappa shape index (κ2) is 5.73. The molecule has 6 nitrogen and oxygen atoms in total. The van der Waals surface area contributed by atoms with Gasteiger partial charge >= 0.3 is 5.97 Å². The molecule has 1 aliphatic heterocycles. The van der Waals surface area contributed by atoms with Gasteiger partial charge in [-0.1, -0.05) is 0 Å². The summed E-state index contributed by atoms with van der Waals surface area (Å²) >= 11 is 0. The number of fused-ring (bicyclic) bond motifs is 1. The number of anilines is 1. The molecule has 0 spiro atoms. The number of nitrogens with zero attached hydrogens (tertiary/aromatic N) is 1. The number of esters is 1. The van der Waals surface area contributed by atoms with E-state index in [0.29, 0.717) is 30.0 Å². The van der Waals surface area contributed by atoms with Crippen molar-refractivity contribution in [3.63, 3.8) is 0 Å². The maximum atomic E-state index is 11.9. The molecule has 106 valence electrons. The molecule has 0 bridgehead atoms. The van der Waals surface area contributed by atoms with Crippen molar-refractivity contribution in [2.45, 2.75) is 12.8 Å². The number of amides is 1. The van der Waals surface area contributed by atoms with E-state index in [2.05, 4.69) is 4.74 Å². The number of carbonyl (C=O) groups excluding carboxylic acids is 3. The van der Waals surface area contributed by atoms with E-state index in [9.17, 15) is 14.4 Å². The van der Waals surface area contributed by atoms with Crippen LogP contribution in [0.25, 0.3) is 0 Å². The third-order valence-corrected chi connectivity index (χ3v) is 3.17. The van der Waals surface area contributed by atoms with Gasteiger partial charge in [-0.25, -0.2) is 0 Å². The van der Waals surface area contributed by atoms with E-state index in [1.165, 1.54) is 19.1 Å². The van der Waals surface area contributed by atoms with Crippen LogP contribution in [0.4, 0.5) is 5.69 Å². The second-order valence-corrected chi connectivity index (χ2v) is 4.35. The van der Waals surface area contributed by atoms with Gasteiger partial charge in [-0.05, 0) is 24.6 Å². The van der Waals surface area contributed by atoms with Crippen LogP contribution in [-0.2, 0) is 14.3 Å². The monoisotopic (exact) mass is 277 g/mol. The number of hydrogen-bond donors (Lipinski definition) is 0. The summed E-state index contributed by atoms with van der Waals surface area (Å²) < 4.78 is 9.58. The van der Waals surface area contributed by atoms with Crippen LogP contribution in [0, 0.1) is 0 Å². The van der Waals surface area contributed by atoms with Crippen LogP contribution in [0.2, 0.25) is 0 Å². The normalized spacial score (nSPS) is 13.4. The number of Topliss-reactive ketones (excluding diaryl/α,β-unsaturated/α-hetero) is 1. The van der Waals surface area contributed by atoms with Crippen molar-refractivity contribution < 1.29 is 23.9 Å². The molecule has 1 aromatic carbocycles. The second-order valence-electron chi connectivity index (χ2n) is 4.35. The molecule has 0 fully saturated rings. The number of hydrogen-bond acceptors (Lipinski definition) is 5. The molecular weight excluding hydrogens is 262 g/mol. The maximum Gasteiger partial charge on any atom is 0.305 e. The number of rotatable bonds is 5. The largest absolute Gasteiger partial charge is 0.497 e. The van der Waals surface area contributed by atoms with Crippen molar-refractivity contribution in [3.05, 3.63) is 23.8 Å². The lowest BCUT2D eigenvalue weighted by Gasteiger charge is -2.16. The molecule has 1 heterocycles. The summed E-state index contributed by atoms with van der Waals surface area (Å²) in [6, 6.07) is 4.92. The Hall–Kier alpha value is -2.37. The van der Waals surface area contributed by atoms with Gasteiger partial charge in [-0.15, -0.1) is 0 Å². The third-order valence-electron chi connectivity index (χ3n) is 3.17. The van der Waals surface area contributed by atoms with Gasteiger partial charge in [0.1, 0.15) is 5.75 Å². The topological polar surface area (TPSA) is 72.9 Å². The van der Waals surface area contributed by atoms with Crippen molar-refractivity contribution in [1.82, 2.24) is 0 Å². The smallest absolute Gasteiger partial charge is 0.305 e. The SMILES string of the molecule is COC(=O)CCCN1C(=O)C(=O)c2cc(OC)ccc21. The molecule has 1 aromatic rings. The Balaban J connectivity index is 2.14. The number of methoxy groups -OCH3 is 2. The summed E-state index contributed by atoms with van der Waals surface area (Å²) in [5.74, 6) is -0.922. The molecule has 0 aliphatic carbocycles. The lowest BCUT2D eigenvalue weighted by Crippen LogP contribution is -2.31. The summed E-state index contributed by atoms with van der Waals surface area (Å²) in [6.45, 7) is 0.305. The fourth-order valence-electron chi connectivity index (χ4n) is 2.11. The Labute approximate surface area is 116 Å². The van der Waals surface area contributed by atoms with Crippen LogP contribution >= 0.6 is 0 Å². The van der Waals surface area contributed by atoms with E-state index in [0.717, 1.165) is 0 Å². The summed E-state index contributed by atoms with van der Waals surface area (Å²) in [7, 11) is 2.81. The van der Waals surface area contributed by atoms with E-state index < -0.39 is 11.7 Å². The summed E-state index contributed by atoms with van der Waals surface area (Å²) in [4.78, 5) is 36.3. The van der Waals surface area contributed by atoms with E-state index in [-0.39, 0.29) is 12.4 Å². The minimum atomic E-state index is -0.571. The van der Waals surface area contributed by atoms with Crippen molar-refractivity contribution >= 4 is 23.3 Å². The molecule has 1 amide bonds. The Kier molecular flexibility index (Phi) is 4.02. The van der Waals surface area contributed by atoms with Crippen LogP contribution in [0.3, 0.4) is 0 Å². The van der Waals surface area contributed by atoms with Crippen molar-refractivity contribution in [2.75, 3.05) is 25.7 Å². The van der Waals surface area contributed by atoms with Gasteiger partial charge in [-0.3, -0.25) is 14.4 Å². The van der Waals surface area contributed by atoms with Crippen LogP contribution in [0.5, 0.6) is 5.75 Å². The van der Waals surface area contributed by atoms with Crippen molar-refractivity contribution in [3.8, 4) is 5.75 Å². The Morgan fingerprint density at radius 2 is 2.00 bits per heavy atom. The van der Waals surface area contributed by atoms with Gasteiger partial charge in [0.05, 0.1) is 25.5 Å². The minimum absolute atomic E-state index is 0.208. The number of ketones is 1. The molecule has 0 saturated carbocycles. The van der Waals surface area contributed by atoms with Gasteiger partial charge in [0.15, 0.2) is 0 Å². The van der Waals surface area contributed by atoms with Gasteiger partial charge in [0, 0.05) is 13.0 Å². The summed E-state index contributed by atoms with van der Waals surface area (Å²) in [5.41, 5.74) is 0.901. The van der Waals surface area contributed by atoms with Crippen LogP contribution in [-0.4, -0.2) is 38.4 Å². The first-order valence-electron chi connectivity index (χ1n) is 6.19. The van der Waals surface area contributed by atoms with Crippen LogP contribution in [0.1, 0.15) is 23.2 Å². The average Bonchev–Trinajstić information content (AvgIpc) is 2.71. The summed E-state index contributed by atoms with van der Waals surface area (Å²) in [6.07, 6.45) is 0.650. The first kappa shape index (κ1) is 14.0. The minimum Gasteiger partial charge on any atom is -0.497 e. The molecule has 0 aromatic heterocycles. The van der Waals surface area contributed by atoms with Gasteiger partial charge in [0.2, 0.25) is 0 Å². The molecule has 0 N–H and O–H groups in total. The zero-order valence-electron chi connectivity index (χ0n) is 11.3. The van der Waals surface area contributed by atoms with E-state index in [1.807, 2.05) is 0 Å². The third kappa shape index (κ3) is 2.49. The maximum absolute atomic E-state index is 11.9. The Morgan fingerprint density at radius 3 is 2.65 bits per heavy atom. The highest BCUT2D eigenvalue weighted by Crippen LogP contribution is 2.32. The number of carbonyl (C=O) groups is 3. The fraction of sp³-hybridized carbons (Fsp3) is 0.357. The first-order chi connectivity index (χ1) is 9.58. The average molecular weight is 277 g/mol. The van der Waals surface area contributed by atoms with E-state index in [4.69, 9.17) is 4.74 Å². The highest BCUT2D eigenvalue weighted by molar-refractivity contribution is 6.52. The van der Waals surface area contributed by atoms with Gasteiger partial charge in [0.25, 0.3) is 11.7 Å². The molecule has 0 radical (unpaired) electrons. The Bertz CT molecular complexity index is 567. The molecular formula is C14H15NO5. The lowest BCUT2D eigenvalue weighted by molar-refractivity contribution is -0.140. The van der Waals surface area contributed by atoms with Gasteiger partial charge in [-0.2, -0.15) is 0 Å². The number of benzene rings is 1. The zero-order valence-corrected chi connectivity index (χ0v) is 11.3. The predicted octanol–water partition coefficient (Wildman–Crippen LogP) is 1.18. The number of ether oxygens (including phenoxy) is 2. The lowest BCUT2D eigenvalue weighted by atomic mass is 10.1. The van der Waals surface area contributed by atoms with Crippen LogP contribution in [0.15, 0.2) is 18.2 Å². The van der Waals surface area contributed by atoms with E-state index >= 15 is 0 Å². The zero-order chi connectivity index (χ0) is 14.7. The predicted molar refractivity (Wildman–Crippen MR) is 70.9 cm³/mol. The molecule has 0 saturated heterocycles. The molecule has 0 atom stereocenters. The van der Waals surface area contributed by atoms with E-state index in [1.54, 1.807) is 18.2 Å². The highest BCUT2D eigenvalue weighted by Gasteiger charge is 2.35. The standard InChI is InChI=1S/C14H15NO5/c1-19-9-5-6-11-10(8-9)13(17)14(18)15(11)7-3-4-12(16)20-2/h5-6,8H,3-4,7H2,1-2H3.